The number of nitrogens with zero attached hydrogens (tertiary/aromatic N) is 2. The molecule has 0 fully saturated rings. The van der Waals surface area contributed by atoms with Gasteiger partial charge in [0.15, 0.2) is 0 Å². The highest BCUT2D eigenvalue weighted by Crippen LogP contribution is 2.43. The molecule has 0 aliphatic carbocycles. The second-order valence-corrected chi connectivity index (χ2v) is 14.9. The standard InChI is InChI=1S/C54H34N2O2/c1-2-12-37(13-3-1)56-48-20-7-4-14-43(48)44-33-32-40(34-49(44)56)55(38-28-24-35(25-29-38)41-17-11-23-52-53(41)47-16-6-9-22-51(47)57-52)39-30-26-36(27-31-39)42-18-10-19-46-45-15-5-8-21-50(45)58-54(42)46/h1-34H. The number of rotatable bonds is 6. The Balaban J connectivity index is 1.02. The van der Waals surface area contributed by atoms with Gasteiger partial charge >= 0.3 is 0 Å². The van der Waals surface area contributed by atoms with E-state index in [9.17, 15) is 0 Å². The van der Waals surface area contributed by atoms with E-state index in [2.05, 4.69) is 191 Å². The molecule has 0 saturated heterocycles. The first kappa shape index (κ1) is 32.4. The van der Waals surface area contributed by atoms with Crippen molar-refractivity contribution in [2.24, 2.45) is 0 Å². The highest BCUT2D eigenvalue weighted by molar-refractivity contribution is 6.13. The number of fused-ring (bicyclic) bond motifs is 9. The van der Waals surface area contributed by atoms with Crippen molar-refractivity contribution >= 4 is 82.7 Å². The van der Waals surface area contributed by atoms with Crippen molar-refractivity contribution in [3.8, 4) is 27.9 Å². The number of benzene rings is 9. The van der Waals surface area contributed by atoms with Crippen LogP contribution in [-0.4, -0.2) is 4.57 Å². The average Bonchev–Trinajstić information content (AvgIpc) is 3.97. The molecule has 3 heterocycles. The van der Waals surface area contributed by atoms with Crippen LogP contribution in [0.1, 0.15) is 0 Å². The Morgan fingerprint density at radius 3 is 1.67 bits per heavy atom. The minimum Gasteiger partial charge on any atom is -0.456 e. The van der Waals surface area contributed by atoms with Crippen molar-refractivity contribution in [2.75, 3.05) is 4.90 Å². The smallest absolute Gasteiger partial charge is 0.143 e. The third-order valence-corrected chi connectivity index (χ3v) is 11.6. The van der Waals surface area contributed by atoms with Gasteiger partial charge in [0.2, 0.25) is 0 Å². The van der Waals surface area contributed by atoms with Gasteiger partial charge in [0.1, 0.15) is 22.3 Å². The first-order valence-electron chi connectivity index (χ1n) is 19.7. The molecule has 0 amide bonds. The number of anilines is 3. The number of para-hydroxylation sites is 5. The van der Waals surface area contributed by atoms with Crippen LogP contribution in [0.15, 0.2) is 215 Å². The van der Waals surface area contributed by atoms with Crippen molar-refractivity contribution in [3.63, 3.8) is 0 Å². The Morgan fingerprint density at radius 1 is 0.345 bits per heavy atom. The van der Waals surface area contributed by atoms with Crippen LogP contribution in [0.2, 0.25) is 0 Å². The zero-order valence-electron chi connectivity index (χ0n) is 31.3. The number of aromatic nitrogens is 1. The van der Waals surface area contributed by atoms with Crippen molar-refractivity contribution < 1.29 is 8.83 Å². The van der Waals surface area contributed by atoms with E-state index in [0.717, 1.165) is 94.4 Å². The maximum Gasteiger partial charge on any atom is 0.143 e. The molecule has 0 saturated carbocycles. The normalized spacial score (nSPS) is 11.8. The van der Waals surface area contributed by atoms with E-state index in [-0.39, 0.29) is 0 Å². The Hall–Kier alpha value is -7.82. The molecule has 0 aliphatic heterocycles. The summed E-state index contributed by atoms with van der Waals surface area (Å²) in [7, 11) is 0. The van der Waals surface area contributed by atoms with Gasteiger partial charge in [-0.2, -0.15) is 0 Å². The van der Waals surface area contributed by atoms with E-state index in [1.165, 1.54) is 16.3 Å². The fourth-order valence-corrected chi connectivity index (χ4v) is 8.97. The molecule has 0 N–H and O–H groups in total. The van der Waals surface area contributed by atoms with Crippen LogP contribution in [0.5, 0.6) is 0 Å². The Morgan fingerprint density at radius 2 is 0.897 bits per heavy atom. The molecule has 58 heavy (non-hydrogen) atoms. The quantitative estimate of drug-likeness (QED) is 0.170. The molecule has 0 unspecified atom stereocenters. The van der Waals surface area contributed by atoms with Crippen molar-refractivity contribution in [2.45, 2.75) is 0 Å². The lowest BCUT2D eigenvalue weighted by molar-refractivity contribution is 0.669. The van der Waals surface area contributed by atoms with Crippen molar-refractivity contribution in [1.29, 1.82) is 0 Å². The van der Waals surface area contributed by atoms with Gasteiger partial charge in [-0.25, -0.2) is 0 Å². The monoisotopic (exact) mass is 742 g/mol. The van der Waals surface area contributed by atoms with Crippen LogP contribution in [0, 0.1) is 0 Å². The molecule has 0 spiro atoms. The largest absolute Gasteiger partial charge is 0.456 e. The Labute approximate surface area is 334 Å². The zero-order valence-corrected chi connectivity index (χ0v) is 31.3. The first-order valence-corrected chi connectivity index (χ1v) is 19.7. The lowest BCUT2D eigenvalue weighted by Crippen LogP contribution is -2.10. The zero-order chi connectivity index (χ0) is 38.2. The third-order valence-electron chi connectivity index (χ3n) is 11.6. The van der Waals surface area contributed by atoms with Crippen LogP contribution in [-0.2, 0) is 0 Å². The third kappa shape index (κ3) is 5.02. The molecule has 3 aromatic heterocycles. The Kier molecular flexibility index (Phi) is 7.20. The molecular formula is C54H34N2O2. The molecule has 4 nitrogen and oxygen atoms in total. The van der Waals surface area contributed by atoms with E-state index in [1.807, 2.05) is 24.3 Å². The summed E-state index contributed by atoms with van der Waals surface area (Å²) in [5, 5.41) is 6.96. The second-order valence-electron chi connectivity index (χ2n) is 14.9. The molecule has 9 aromatic carbocycles. The summed E-state index contributed by atoms with van der Waals surface area (Å²) in [6, 6.07) is 73.2. The highest BCUT2D eigenvalue weighted by Gasteiger charge is 2.19. The summed E-state index contributed by atoms with van der Waals surface area (Å²) in [6.45, 7) is 0. The molecule has 0 radical (unpaired) electrons. The maximum atomic E-state index is 6.44. The van der Waals surface area contributed by atoms with Gasteiger partial charge < -0.3 is 18.3 Å². The fourth-order valence-electron chi connectivity index (χ4n) is 8.97. The molecule has 12 aromatic rings. The van der Waals surface area contributed by atoms with E-state index in [1.54, 1.807) is 0 Å². The van der Waals surface area contributed by atoms with Crippen molar-refractivity contribution in [3.05, 3.63) is 206 Å². The summed E-state index contributed by atoms with van der Waals surface area (Å²) >= 11 is 0. The number of furan rings is 2. The molecule has 12 rings (SSSR count). The van der Waals surface area contributed by atoms with Crippen LogP contribution in [0.3, 0.4) is 0 Å². The van der Waals surface area contributed by atoms with E-state index >= 15 is 0 Å². The van der Waals surface area contributed by atoms with Gasteiger partial charge in [0.05, 0.1) is 11.0 Å². The minimum absolute atomic E-state index is 0.893. The van der Waals surface area contributed by atoms with E-state index < -0.39 is 0 Å². The molecule has 0 atom stereocenters. The molecule has 4 heteroatoms. The van der Waals surface area contributed by atoms with Gasteiger partial charge in [-0.1, -0.05) is 133 Å². The maximum absolute atomic E-state index is 6.44. The molecular weight excluding hydrogens is 709 g/mol. The van der Waals surface area contributed by atoms with E-state index in [4.69, 9.17) is 8.83 Å². The number of hydrogen-bond acceptors (Lipinski definition) is 3. The lowest BCUT2D eigenvalue weighted by atomic mass is 9.99. The van der Waals surface area contributed by atoms with Gasteiger partial charge in [-0.15, -0.1) is 0 Å². The van der Waals surface area contributed by atoms with E-state index in [0.29, 0.717) is 0 Å². The van der Waals surface area contributed by atoms with Crippen LogP contribution in [0.4, 0.5) is 17.1 Å². The summed E-state index contributed by atoms with van der Waals surface area (Å²) in [5.41, 5.74) is 14.7. The van der Waals surface area contributed by atoms with Crippen molar-refractivity contribution in [1.82, 2.24) is 4.57 Å². The van der Waals surface area contributed by atoms with Gasteiger partial charge in [-0.05, 0) is 89.5 Å². The van der Waals surface area contributed by atoms with Gasteiger partial charge in [0.25, 0.3) is 0 Å². The lowest BCUT2D eigenvalue weighted by Gasteiger charge is -2.26. The van der Waals surface area contributed by atoms with Crippen LogP contribution in [0.25, 0.3) is 93.6 Å². The van der Waals surface area contributed by atoms with Crippen LogP contribution >= 0.6 is 0 Å². The van der Waals surface area contributed by atoms with Gasteiger partial charge in [0, 0.05) is 60.6 Å². The van der Waals surface area contributed by atoms with Crippen LogP contribution < -0.4 is 4.90 Å². The summed E-state index contributed by atoms with van der Waals surface area (Å²) in [4.78, 5) is 2.36. The predicted molar refractivity (Wildman–Crippen MR) is 241 cm³/mol. The number of hydrogen-bond donors (Lipinski definition) is 0. The summed E-state index contributed by atoms with van der Waals surface area (Å²) in [5.74, 6) is 0. The minimum atomic E-state index is 0.893. The first-order chi connectivity index (χ1) is 28.8. The SMILES string of the molecule is c1ccc(-n2c3ccccc3c3ccc(N(c4ccc(-c5cccc6c5oc5ccccc56)cc4)c4ccc(-c5cccc6oc7ccccc7c56)cc4)cc32)cc1. The fraction of sp³-hybridized carbons (Fsp3) is 0. The van der Waals surface area contributed by atoms with Gasteiger partial charge in [-0.3, -0.25) is 0 Å². The molecule has 0 aliphatic rings. The topological polar surface area (TPSA) is 34.5 Å². The molecule has 0 bridgehead atoms. The predicted octanol–water partition coefficient (Wildman–Crippen LogP) is 15.4. The summed E-state index contributed by atoms with van der Waals surface area (Å²) in [6.07, 6.45) is 0. The average molecular weight is 743 g/mol. The Bertz CT molecular complexity index is 3500. The second kappa shape index (κ2) is 12.9. The summed E-state index contributed by atoms with van der Waals surface area (Å²) < 4.78 is 15.1. The molecule has 272 valence electrons. The highest BCUT2D eigenvalue weighted by atomic mass is 16.3.